The van der Waals surface area contributed by atoms with Crippen molar-refractivity contribution in [2.75, 3.05) is 112 Å². The van der Waals surface area contributed by atoms with Gasteiger partial charge in [-0.1, -0.05) is 36.5 Å². The molecule has 2 aromatic carbocycles. The molecule has 0 saturated carbocycles. The number of hydrogen-bond acceptors (Lipinski definition) is 19. The van der Waals surface area contributed by atoms with Crippen LogP contribution in [-0.4, -0.2) is 187 Å². The van der Waals surface area contributed by atoms with Gasteiger partial charge in [-0.15, -0.1) is 51.1 Å². The number of aliphatic hydroxyl groups excluding tert-OH is 2. The molecule has 106 heavy (non-hydrogen) atoms. The number of esters is 1. The number of hydrogen-bond donors (Lipinski definition) is 5. The first-order valence-corrected chi connectivity index (χ1v) is 40.5. The number of carbonyl (C=O) groups is 3. The number of Topliss-reactive ketones (excluding diaryl/α,β-unsaturated/α-hetero) is 1. The van der Waals surface area contributed by atoms with Gasteiger partial charge in [0.2, 0.25) is 9.23 Å². The Bertz CT molecular complexity index is 3340. The van der Waals surface area contributed by atoms with Crippen LogP contribution in [0.4, 0.5) is 0 Å². The fraction of sp³-hybridized carbons (Fsp3) is 0.593. The van der Waals surface area contributed by atoms with Crippen molar-refractivity contribution < 1.29 is 157 Å². The summed E-state index contributed by atoms with van der Waals surface area (Å²) in [6.45, 7) is 43.4. The number of methoxy groups -OCH3 is 2. The van der Waals surface area contributed by atoms with Crippen LogP contribution < -0.4 is 133 Å². The van der Waals surface area contributed by atoms with Crippen LogP contribution >= 0.6 is 33.0 Å². The van der Waals surface area contributed by atoms with Crippen LogP contribution in [0.1, 0.15) is 121 Å². The number of benzene rings is 2. The molecule has 2 aromatic heterocycles. The molecule has 16 atom stereocenters. The fourth-order valence-electron chi connectivity index (χ4n) is 16.5. The van der Waals surface area contributed by atoms with Crippen molar-refractivity contribution in [3.05, 3.63) is 148 Å². The molecule has 578 valence electrons. The SMILES string of the molecule is C=CC1CN2CCC1CC2.C=CC1CN2CCC1CC2C(=O)c1ccnc2ccc(OC)cc12.C=CC1CN2CCC1CC2[C@H](O)c1ccnc2ccc(OC)cc12.C=C[C@H]1CNCC[C@H]1CC(=O)OC(C)(C)C.C=C[C@H]1CNCC[C@H]1CCCl.C=C[C@H]1CNCC[C@H]1CCO.O=CO[O-].O=S(Cl)Cl.[H-].[K+].[K+]. The second-order valence-corrected chi connectivity index (χ2v) is 32.3. The van der Waals surface area contributed by atoms with E-state index in [9.17, 15) is 14.7 Å². The number of aromatic nitrogens is 2. The quantitative estimate of drug-likeness (QED) is 0.00770. The first-order valence-electron chi connectivity index (χ1n) is 37.2. The second-order valence-electron chi connectivity index (χ2n) is 29.4. The van der Waals surface area contributed by atoms with E-state index in [-0.39, 0.29) is 140 Å². The zero-order valence-corrected chi connectivity index (χ0v) is 73.5. The number of nitrogens with zero attached hydrogens (tertiary/aromatic N) is 5. The molecule has 12 aliphatic rings. The molecule has 12 saturated heterocycles. The van der Waals surface area contributed by atoms with E-state index in [0.717, 1.165) is 166 Å². The molecule has 5 N–H and O–H groups in total. The first kappa shape index (κ1) is 96.2. The molecule has 9 unspecified atom stereocenters. The Morgan fingerprint density at radius 3 is 1.55 bits per heavy atom. The molecular formula is C81H119Cl3K2N8O11S. The molecule has 0 spiro atoms. The van der Waals surface area contributed by atoms with Crippen LogP contribution in [-0.2, 0) is 28.4 Å². The number of piperidine rings is 12. The van der Waals surface area contributed by atoms with Crippen LogP contribution in [0.3, 0.4) is 0 Å². The molecule has 25 heteroatoms. The van der Waals surface area contributed by atoms with Crippen molar-refractivity contribution in [3.8, 4) is 11.5 Å². The third-order valence-corrected chi connectivity index (χ3v) is 22.5. The number of fused-ring (bicyclic) bond motifs is 11. The minimum absolute atomic E-state index is 0. The van der Waals surface area contributed by atoms with Gasteiger partial charge >= 0.3 is 109 Å². The van der Waals surface area contributed by atoms with E-state index in [1.165, 1.54) is 58.2 Å². The molecule has 12 fully saturated rings. The Morgan fingerprint density at radius 2 is 1.11 bits per heavy atom. The van der Waals surface area contributed by atoms with Gasteiger partial charge < -0.3 is 56.8 Å². The molecule has 0 aliphatic carbocycles. The van der Waals surface area contributed by atoms with E-state index >= 15 is 0 Å². The molecule has 0 amide bonds. The number of ketones is 1. The van der Waals surface area contributed by atoms with Crippen molar-refractivity contribution in [2.24, 2.45) is 71.0 Å². The van der Waals surface area contributed by atoms with Gasteiger partial charge in [0, 0.05) is 114 Å². The molecule has 19 nitrogen and oxygen atoms in total. The van der Waals surface area contributed by atoms with Gasteiger partial charge in [-0.3, -0.25) is 34.2 Å². The summed E-state index contributed by atoms with van der Waals surface area (Å²) in [5, 5.41) is 40.2. The average molecular weight is 1600 g/mol. The van der Waals surface area contributed by atoms with Gasteiger partial charge in [0.25, 0.3) is 6.47 Å². The smallest absolute Gasteiger partial charge is 1.00 e. The number of pyridine rings is 2. The van der Waals surface area contributed by atoms with Crippen LogP contribution in [0.5, 0.6) is 11.5 Å². The number of ether oxygens (including phenoxy) is 3. The number of nitrogens with one attached hydrogen (secondary N) is 3. The maximum Gasteiger partial charge on any atom is 1.00 e. The summed E-state index contributed by atoms with van der Waals surface area (Å²) in [5.41, 5.74) is 3.06. The average Bonchev–Trinajstić information content (AvgIpc) is 0.777. The number of halogens is 3. The number of aliphatic hydroxyl groups is 2. The number of rotatable bonds is 19. The maximum absolute atomic E-state index is 13.3. The van der Waals surface area contributed by atoms with Gasteiger partial charge in [-0.25, -0.2) is 4.21 Å². The van der Waals surface area contributed by atoms with Crippen molar-refractivity contribution in [2.45, 2.75) is 122 Å². The van der Waals surface area contributed by atoms with E-state index in [2.05, 4.69) is 131 Å². The van der Waals surface area contributed by atoms with E-state index in [4.69, 9.17) is 45.2 Å². The molecule has 0 radical (unpaired) electrons. The Labute approximate surface area is 735 Å². The topological polar surface area (TPSA) is 240 Å². The molecule has 14 heterocycles. The standard InChI is InChI=1S/C20H24N2O2.C20H22N2O2.C13H23NO2.C9H16ClN.C9H17NO.C9H15N.CH2O3.Cl2OS.2K.H/c2*1-3-13-12-22-9-7-14(13)10-19(22)20(23)16-6-8-21-18-5-4-15(24-2)11-17(16)18;1-5-10-9-14-7-6-11(10)8-12(15)16-13(2,3)4;1-2-8-7-11-6-4-9(8)3-5-10;1-2-8-7-10-5-3-9(8)4-6-11;1-2-8-7-10-5-3-9(8)4-6-10;2-1-4-3;1-4(2)3;;;/h3-6,8,11,13-14,19-20,23H,1,7,9-10,12H2,2H3;3-6,8,11,13-14,19H,1,7,9-10,12H2,2H3;5,10-11,14H,1,6-9H2,2-4H3;2,8-9,11H,1,3-7H2;2,8-11H,1,3-7H2;2,8-9H,1,3-7H2;1,3H;;;;/q;;;;;;;;2*+1;-1/p-1/t13?,14?,19?,20-;;10-,11-;8-,9+;8-,9-;;;;;;/m1.000....../s1. The third-order valence-electron chi connectivity index (χ3n) is 22.3. The van der Waals surface area contributed by atoms with Crippen LogP contribution in [0.2, 0.25) is 0 Å². The van der Waals surface area contributed by atoms with E-state index in [0.29, 0.717) is 66.3 Å². The summed E-state index contributed by atoms with van der Waals surface area (Å²) < 4.78 is 25.1. The van der Waals surface area contributed by atoms with E-state index in [1.807, 2.05) is 81.5 Å². The Balaban J connectivity index is 0.000000334. The molecule has 4 aromatic rings. The second kappa shape index (κ2) is 51.6. The Morgan fingerprint density at radius 1 is 0.660 bits per heavy atom. The monoisotopic (exact) mass is 1590 g/mol. The van der Waals surface area contributed by atoms with Gasteiger partial charge in [0.15, 0.2) is 5.78 Å². The van der Waals surface area contributed by atoms with Gasteiger partial charge in [0.1, 0.15) is 17.1 Å². The summed E-state index contributed by atoms with van der Waals surface area (Å²) in [5.74, 6) is 9.96. The summed E-state index contributed by atoms with van der Waals surface area (Å²) in [7, 11) is 10.7. The fourth-order valence-corrected chi connectivity index (χ4v) is 16.8. The Hall–Kier alpha value is -2.16. The predicted octanol–water partition coefficient (Wildman–Crippen LogP) is 6.55. The van der Waals surface area contributed by atoms with Crippen LogP contribution in [0.15, 0.2) is 137 Å². The predicted molar refractivity (Wildman–Crippen MR) is 422 cm³/mol. The molecule has 6 bridgehead atoms. The van der Waals surface area contributed by atoms with E-state index in [1.54, 1.807) is 26.6 Å². The van der Waals surface area contributed by atoms with E-state index < -0.39 is 15.3 Å². The summed E-state index contributed by atoms with van der Waals surface area (Å²) in [6, 6.07) is 15.5. The first-order chi connectivity index (χ1) is 50.1. The van der Waals surface area contributed by atoms with Crippen molar-refractivity contribution in [1.29, 1.82) is 0 Å². The summed E-state index contributed by atoms with van der Waals surface area (Å²) in [6.07, 6.45) is 28.5. The maximum atomic E-state index is 13.3. The van der Waals surface area contributed by atoms with Gasteiger partial charge in [-0.2, -0.15) is 0 Å². The van der Waals surface area contributed by atoms with Crippen LogP contribution in [0, 0.1) is 71.0 Å². The normalized spacial score (nSPS) is 28.7. The van der Waals surface area contributed by atoms with Crippen molar-refractivity contribution in [3.63, 3.8) is 0 Å². The number of alkyl halides is 1. The largest absolute Gasteiger partial charge is 1.00 e. The number of carbonyl (C=O) groups excluding carboxylic acids is 3. The zero-order valence-electron chi connectivity index (χ0n) is 65.2. The minimum atomic E-state index is -1.67. The molecule has 16 rings (SSSR count). The summed E-state index contributed by atoms with van der Waals surface area (Å²) in [4.78, 5) is 52.4. The van der Waals surface area contributed by atoms with Gasteiger partial charge in [-0.05, 0) is 262 Å². The molecule has 12 aliphatic heterocycles. The third kappa shape index (κ3) is 30.3. The zero-order chi connectivity index (χ0) is 75.7. The summed E-state index contributed by atoms with van der Waals surface area (Å²) >= 11 is 5.70. The minimum Gasteiger partial charge on any atom is -1.00 e. The van der Waals surface area contributed by atoms with Gasteiger partial charge in [0.05, 0.1) is 37.4 Å². The van der Waals surface area contributed by atoms with Crippen LogP contribution in [0.25, 0.3) is 21.8 Å². The van der Waals surface area contributed by atoms with Crippen molar-refractivity contribution in [1.82, 2.24) is 40.6 Å². The molecular weight excluding hydrogens is 1480 g/mol. The van der Waals surface area contributed by atoms with Crippen molar-refractivity contribution >= 4 is 82.2 Å². The Kier molecular flexibility index (Phi) is 46.8.